The number of rotatable bonds is 4. The van der Waals surface area contributed by atoms with Crippen LogP contribution in [-0.2, 0) is 0 Å². The first-order valence-electron chi connectivity index (χ1n) is 8.80. The lowest BCUT2D eigenvalue weighted by atomic mass is 10.2. The van der Waals surface area contributed by atoms with Crippen LogP contribution in [-0.4, -0.2) is 33.7 Å². The number of thiophene rings is 1. The Bertz CT molecular complexity index is 1350. The van der Waals surface area contributed by atoms with Gasteiger partial charge >= 0.3 is 0 Å². The number of hydrogen-bond acceptors (Lipinski definition) is 6. The van der Waals surface area contributed by atoms with Gasteiger partial charge in [0.05, 0.1) is 40.8 Å². The number of aromatic nitrogens is 4. The standard InChI is InChI=1S/C21H15ClN4O2S/c1-27-16-11-17(28-2)15(10-12(16)22)26-20(18-8-5-9-29-18)25-19-21(26)24-14-7-4-3-6-13(14)23-19/h3-11H,1-2H3. The summed E-state index contributed by atoms with van der Waals surface area (Å²) in [7, 11) is 3.18. The Hall–Kier alpha value is -3.16. The van der Waals surface area contributed by atoms with Crippen molar-refractivity contribution >= 4 is 45.3 Å². The summed E-state index contributed by atoms with van der Waals surface area (Å²) in [6.07, 6.45) is 0. The molecule has 0 saturated carbocycles. The third kappa shape index (κ3) is 2.90. The molecule has 0 amide bonds. The van der Waals surface area contributed by atoms with Crippen molar-refractivity contribution in [2.75, 3.05) is 14.2 Å². The van der Waals surface area contributed by atoms with Gasteiger partial charge in [-0.05, 0) is 29.6 Å². The van der Waals surface area contributed by atoms with E-state index in [9.17, 15) is 0 Å². The van der Waals surface area contributed by atoms with Gasteiger partial charge in [-0.3, -0.25) is 4.57 Å². The first-order chi connectivity index (χ1) is 14.2. The summed E-state index contributed by atoms with van der Waals surface area (Å²) in [5.41, 5.74) is 3.49. The minimum atomic E-state index is 0.469. The van der Waals surface area contributed by atoms with E-state index in [-0.39, 0.29) is 0 Å². The van der Waals surface area contributed by atoms with Crippen LogP contribution in [0.25, 0.3) is 38.7 Å². The second kappa shape index (κ2) is 7.02. The normalized spacial score (nSPS) is 11.3. The molecule has 0 aliphatic rings. The second-order valence-corrected chi connectivity index (χ2v) is 7.62. The van der Waals surface area contributed by atoms with Crippen molar-refractivity contribution in [2.24, 2.45) is 0 Å². The molecule has 29 heavy (non-hydrogen) atoms. The fourth-order valence-corrected chi connectivity index (χ4v) is 4.21. The van der Waals surface area contributed by atoms with Crippen molar-refractivity contribution in [2.45, 2.75) is 0 Å². The molecule has 0 spiro atoms. The molecule has 3 aromatic heterocycles. The highest BCUT2D eigenvalue weighted by Crippen LogP contribution is 2.39. The lowest BCUT2D eigenvalue weighted by molar-refractivity contribution is 0.393. The average molecular weight is 423 g/mol. The molecule has 144 valence electrons. The van der Waals surface area contributed by atoms with E-state index in [1.54, 1.807) is 37.7 Å². The van der Waals surface area contributed by atoms with Gasteiger partial charge in [-0.1, -0.05) is 29.8 Å². The lowest BCUT2D eigenvalue weighted by Gasteiger charge is -2.15. The minimum Gasteiger partial charge on any atom is -0.495 e. The average Bonchev–Trinajstić information content (AvgIpc) is 3.39. The monoisotopic (exact) mass is 422 g/mol. The summed E-state index contributed by atoms with van der Waals surface area (Å²) in [6.45, 7) is 0. The Morgan fingerprint density at radius 2 is 1.66 bits per heavy atom. The van der Waals surface area contributed by atoms with E-state index in [1.165, 1.54) is 0 Å². The number of methoxy groups -OCH3 is 2. The van der Waals surface area contributed by atoms with E-state index in [0.717, 1.165) is 21.7 Å². The molecule has 0 saturated heterocycles. The Balaban J connectivity index is 1.90. The zero-order valence-electron chi connectivity index (χ0n) is 15.6. The third-order valence-corrected chi connectivity index (χ3v) is 5.77. The highest BCUT2D eigenvalue weighted by molar-refractivity contribution is 7.13. The predicted molar refractivity (Wildman–Crippen MR) is 116 cm³/mol. The summed E-state index contributed by atoms with van der Waals surface area (Å²) in [5.74, 6) is 1.86. The van der Waals surface area contributed by atoms with Crippen LogP contribution < -0.4 is 9.47 Å². The molecule has 0 N–H and O–H groups in total. The molecule has 0 bridgehead atoms. The topological polar surface area (TPSA) is 62.1 Å². The van der Waals surface area contributed by atoms with Crippen LogP contribution in [0.1, 0.15) is 0 Å². The molecular weight excluding hydrogens is 408 g/mol. The molecule has 0 aliphatic carbocycles. The maximum atomic E-state index is 6.45. The molecule has 3 heterocycles. The third-order valence-electron chi connectivity index (χ3n) is 4.61. The van der Waals surface area contributed by atoms with Gasteiger partial charge in [-0.2, -0.15) is 0 Å². The van der Waals surface area contributed by atoms with Gasteiger partial charge in [0.2, 0.25) is 0 Å². The van der Waals surface area contributed by atoms with Crippen LogP contribution in [0.4, 0.5) is 0 Å². The SMILES string of the molecule is COc1cc(OC)c(-n2c(-c3cccs3)nc3nc4ccccc4nc32)cc1Cl. The Kier molecular flexibility index (Phi) is 4.34. The molecular formula is C21H15ClN4O2S. The van der Waals surface area contributed by atoms with Crippen molar-refractivity contribution in [1.29, 1.82) is 0 Å². The lowest BCUT2D eigenvalue weighted by Crippen LogP contribution is -2.02. The number of halogens is 1. The first-order valence-corrected chi connectivity index (χ1v) is 10.1. The number of benzene rings is 2. The highest BCUT2D eigenvalue weighted by atomic mass is 35.5. The smallest absolute Gasteiger partial charge is 0.199 e. The Morgan fingerprint density at radius 1 is 0.897 bits per heavy atom. The maximum Gasteiger partial charge on any atom is 0.199 e. The molecule has 6 nitrogen and oxygen atoms in total. The zero-order chi connectivity index (χ0) is 20.0. The van der Waals surface area contributed by atoms with Crippen LogP contribution in [0.15, 0.2) is 53.9 Å². The van der Waals surface area contributed by atoms with E-state index in [4.69, 9.17) is 36.0 Å². The summed E-state index contributed by atoms with van der Waals surface area (Å²) in [4.78, 5) is 15.4. The van der Waals surface area contributed by atoms with Gasteiger partial charge < -0.3 is 9.47 Å². The molecule has 0 unspecified atom stereocenters. The summed E-state index contributed by atoms with van der Waals surface area (Å²) >= 11 is 8.04. The van der Waals surface area contributed by atoms with Gasteiger partial charge in [-0.15, -0.1) is 11.3 Å². The molecule has 0 fully saturated rings. The Morgan fingerprint density at radius 3 is 2.34 bits per heavy atom. The first kappa shape index (κ1) is 17.9. The second-order valence-electron chi connectivity index (χ2n) is 6.27. The van der Waals surface area contributed by atoms with Crippen molar-refractivity contribution < 1.29 is 9.47 Å². The van der Waals surface area contributed by atoms with Gasteiger partial charge in [0.25, 0.3) is 0 Å². The number of nitrogens with zero attached hydrogens (tertiary/aromatic N) is 4. The van der Waals surface area contributed by atoms with E-state index in [1.807, 2.05) is 46.3 Å². The molecule has 5 rings (SSSR count). The molecule has 5 aromatic rings. The molecule has 0 radical (unpaired) electrons. The van der Waals surface area contributed by atoms with E-state index in [2.05, 4.69) is 0 Å². The fourth-order valence-electron chi connectivity index (χ4n) is 3.28. The van der Waals surface area contributed by atoms with Crippen LogP contribution in [0, 0.1) is 0 Å². The number of ether oxygens (including phenoxy) is 2. The summed E-state index contributed by atoms with van der Waals surface area (Å²) in [6, 6.07) is 15.3. The van der Waals surface area contributed by atoms with E-state index < -0.39 is 0 Å². The largest absolute Gasteiger partial charge is 0.495 e. The van der Waals surface area contributed by atoms with E-state index in [0.29, 0.717) is 33.5 Å². The van der Waals surface area contributed by atoms with Crippen molar-refractivity contribution in [3.8, 4) is 27.9 Å². The van der Waals surface area contributed by atoms with Crippen LogP contribution >= 0.6 is 22.9 Å². The number of hydrogen-bond donors (Lipinski definition) is 0. The van der Waals surface area contributed by atoms with Crippen LogP contribution in [0.2, 0.25) is 5.02 Å². The Labute approximate surface area is 175 Å². The van der Waals surface area contributed by atoms with Gasteiger partial charge in [0.1, 0.15) is 11.5 Å². The molecule has 2 aromatic carbocycles. The van der Waals surface area contributed by atoms with Crippen molar-refractivity contribution in [1.82, 2.24) is 19.5 Å². The van der Waals surface area contributed by atoms with Crippen LogP contribution in [0.3, 0.4) is 0 Å². The maximum absolute atomic E-state index is 6.45. The van der Waals surface area contributed by atoms with Gasteiger partial charge in [-0.25, -0.2) is 15.0 Å². The molecule has 0 aliphatic heterocycles. The summed E-state index contributed by atoms with van der Waals surface area (Å²) in [5, 5.41) is 2.48. The minimum absolute atomic E-state index is 0.469. The quantitative estimate of drug-likeness (QED) is 0.389. The zero-order valence-corrected chi connectivity index (χ0v) is 17.2. The molecule has 0 atom stereocenters. The van der Waals surface area contributed by atoms with Crippen molar-refractivity contribution in [3.63, 3.8) is 0 Å². The number of para-hydroxylation sites is 2. The summed E-state index contributed by atoms with van der Waals surface area (Å²) < 4.78 is 12.9. The van der Waals surface area contributed by atoms with Crippen LogP contribution in [0.5, 0.6) is 11.5 Å². The molecule has 8 heteroatoms. The highest BCUT2D eigenvalue weighted by Gasteiger charge is 2.22. The van der Waals surface area contributed by atoms with E-state index >= 15 is 0 Å². The number of fused-ring (bicyclic) bond motifs is 2. The fraction of sp³-hybridized carbons (Fsp3) is 0.0952. The van der Waals surface area contributed by atoms with Gasteiger partial charge in [0, 0.05) is 6.07 Å². The number of imidazole rings is 1. The predicted octanol–water partition coefficient (Wildman–Crippen LogP) is 5.37. The van der Waals surface area contributed by atoms with Gasteiger partial charge in [0.15, 0.2) is 17.1 Å². The van der Waals surface area contributed by atoms with Crippen molar-refractivity contribution in [3.05, 3.63) is 58.9 Å².